The van der Waals surface area contributed by atoms with E-state index in [4.69, 9.17) is 0 Å². The maximum absolute atomic E-state index is 14.6. The van der Waals surface area contributed by atoms with Gasteiger partial charge in [-0.1, -0.05) is 12.7 Å². The molecule has 4 aromatic heterocycles. The SMILES string of the molecule is C=c1[nH]nc(-c2cc3c(-c4cc(F)cc(NCCN(C)C)c4)cncc3[nH]2)/c1=C/C(=C\C)c1cnn(C)c1. The molecular weight excluding hydrogens is 479 g/mol. The minimum Gasteiger partial charge on any atom is -0.384 e. The molecule has 5 aromatic rings. The number of halogens is 1. The first kappa shape index (κ1) is 25.2. The zero-order chi connectivity index (χ0) is 26.8. The number of H-pyrrole nitrogens is 2. The number of aryl methyl sites for hydroxylation is 1. The van der Waals surface area contributed by atoms with Crippen molar-refractivity contribution in [2.45, 2.75) is 6.92 Å². The van der Waals surface area contributed by atoms with Crippen LogP contribution in [0.5, 0.6) is 0 Å². The van der Waals surface area contributed by atoms with Gasteiger partial charge in [0.25, 0.3) is 0 Å². The molecule has 38 heavy (non-hydrogen) atoms. The summed E-state index contributed by atoms with van der Waals surface area (Å²) in [4.78, 5) is 9.94. The molecular formula is C29H31FN8. The number of benzene rings is 1. The first-order chi connectivity index (χ1) is 18.3. The molecule has 4 heterocycles. The van der Waals surface area contributed by atoms with Gasteiger partial charge in [0.2, 0.25) is 0 Å². The topological polar surface area (TPSA) is 90.4 Å². The minimum atomic E-state index is -0.303. The van der Waals surface area contributed by atoms with Crippen LogP contribution < -0.4 is 15.9 Å². The number of pyridine rings is 1. The van der Waals surface area contributed by atoms with Crippen molar-refractivity contribution in [2.24, 2.45) is 7.05 Å². The maximum atomic E-state index is 14.6. The Balaban J connectivity index is 1.57. The van der Waals surface area contributed by atoms with Crippen molar-refractivity contribution in [1.29, 1.82) is 0 Å². The lowest BCUT2D eigenvalue weighted by atomic mass is 10.0. The summed E-state index contributed by atoms with van der Waals surface area (Å²) >= 11 is 0. The fraction of sp³-hybridized carbons (Fsp3) is 0.207. The first-order valence-electron chi connectivity index (χ1n) is 12.4. The van der Waals surface area contributed by atoms with Gasteiger partial charge in [-0.2, -0.15) is 10.2 Å². The number of hydrogen-bond donors (Lipinski definition) is 3. The van der Waals surface area contributed by atoms with Crippen LogP contribution in [0.15, 0.2) is 55.1 Å². The van der Waals surface area contributed by atoms with Crippen LogP contribution in [-0.4, -0.2) is 62.0 Å². The van der Waals surface area contributed by atoms with E-state index in [1.54, 1.807) is 17.1 Å². The van der Waals surface area contributed by atoms with Gasteiger partial charge in [0.15, 0.2) is 0 Å². The minimum absolute atomic E-state index is 0.303. The highest BCUT2D eigenvalue weighted by Gasteiger charge is 2.14. The molecule has 3 N–H and O–H groups in total. The molecule has 0 amide bonds. The first-order valence-corrected chi connectivity index (χ1v) is 12.4. The third-order valence-corrected chi connectivity index (χ3v) is 6.43. The number of aromatic nitrogens is 6. The maximum Gasteiger partial charge on any atom is 0.125 e. The van der Waals surface area contributed by atoms with Crippen LogP contribution in [0, 0.1) is 5.82 Å². The molecule has 0 radical (unpaired) electrons. The van der Waals surface area contributed by atoms with E-state index in [1.807, 2.05) is 58.7 Å². The van der Waals surface area contributed by atoms with Crippen molar-refractivity contribution in [2.75, 3.05) is 32.5 Å². The highest BCUT2D eigenvalue weighted by Crippen LogP contribution is 2.32. The summed E-state index contributed by atoms with van der Waals surface area (Å²) in [6, 6.07) is 7.03. The van der Waals surface area contributed by atoms with E-state index in [9.17, 15) is 4.39 Å². The van der Waals surface area contributed by atoms with Crippen LogP contribution in [0.2, 0.25) is 0 Å². The molecule has 0 fully saturated rings. The largest absolute Gasteiger partial charge is 0.384 e. The number of rotatable bonds is 8. The van der Waals surface area contributed by atoms with Crippen molar-refractivity contribution in [3.05, 3.63) is 77.1 Å². The van der Waals surface area contributed by atoms with Crippen molar-refractivity contribution >= 4 is 34.8 Å². The molecule has 0 spiro atoms. The molecule has 8 nitrogen and oxygen atoms in total. The average molecular weight is 511 g/mol. The zero-order valence-electron chi connectivity index (χ0n) is 22.0. The van der Waals surface area contributed by atoms with E-state index in [0.717, 1.165) is 62.0 Å². The number of allylic oxidation sites excluding steroid dienone is 2. The fourth-order valence-corrected chi connectivity index (χ4v) is 4.49. The zero-order valence-corrected chi connectivity index (χ0v) is 22.0. The van der Waals surface area contributed by atoms with Crippen molar-refractivity contribution in [3.63, 3.8) is 0 Å². The Hall–Kier alpha value is -4.50. The normalized spacial score (nSPS) is 12.7. The Kier molecular flexibility index (Phi) is 6.93. The molecule has 194 valence electrons. The highest BCUT2D eigenvalue weighted by atomic mass is 19.1. The van der Waals surface area contributed by atoms with Gasteiger partial charge in [-0.05, 0) is 62.5 Å². The number of aromatic amines is 2. The number of likely N-dealkylation sites (N-methyl/N-ethyl adjacent to an activating group) is 1. The molecule has 0 aliphatic heterocycles. The molecule has 0 atom stereocenters. The Morgan fingerprint density at radius 2 is 2.03 bits per heavy atom. The summed E-state index contributed by atoms with van der Waals surface area (Å²) in [5, 5.41) is 17.7. The molecule has 0 aliphatic carbocycles. The summed E-state index contributed by atoms with van der Waals surface area (Å²) in [6.45, 7) is 7.70. The predicted octanol–water partition coefficient (Wildman–Crippen LogP) is 3.76. The highest BCUT2D eigenvalue weighted by molar-refractivity contribution is 5.98. The summed E-state index contributed by atoms with van der Waals surface area (Å²) in [6.07, 6.45) is 11.4. The van der Waals surface area contributed by atoms with E-state index in [2.05, 4.69) is 48.1 Å². The second-order valence-electron chi connectivity index (χ2n) is 9.55. The molecule has 0 unspecified atom stereocenters. The van der Waals surface area contributed by atoms with E-state index in [0.29, 0.717) is 11.9 Å². The third kappa shape index (κ3) is 5.14. The lowest BCUT2D eigenvalue weighted by Gasteiger charge is -2.13. The van der Waals surface area contributed by atoms with Crippen LogP contribution in [0.1, 0.15) is 12.5 Å². The van der Waals surface area contributed by atoms with E-state index in [1.165, 1.54) is 12.1 Å². The Morgan fingerprint density at radius 3 is 2.76 bits per heavy atom. The quantitative estimate of drug-likeness (QED) is 0.296. The van der Waals surface area contributed by atoms with E-state index < -0.39 is 0 Å². The van der Waals surface area contributed by atoms with Crippen LogP contribution in [0.25, 0.3) is 51.6 Å². The second kappa shape index (κ2) is 10.5. The van der Waals surface area contributed by atoms with Crippen molar-refractivity contribution in [3.8, 4) is 22.5 Å². The van der Waals surface area contributed by atoms with Gasteiger partial charge >= 0.3 is 0 Å². The Morgan fingerprint density at radius 1 is 1.18 bits per heavy atom. The van der Waals surface area contributed by atoms with Crippen LogP contribution in [0.3, 0.4) is 0 Å². The molecule has 0 saturated carbocycles. The van der Waals surface area contributed by atoms with Crippen LogP contribution in [-0.2, 0) is 7.05 Å². The van der Waals surface area contributed by atoms with Crippen molar-refractivity contribution < 1.29 is 4.39 Å². The van der Waals surface area contributed by atoms with Gasteiger partial charge in [-0.3, -0.25) is 14.8 Å². The van der Waals surface area contributed by atoms with Gasteiger partial charge in [-0.15, -0.1) is 0 Å². The number of anilines is 1. The van der Waals surface area contributed by atoms with E-state index in [-0.39, 0.29) is 5.82 Å². The summed E-state index contributed by atoms with van der Waals surface area (Å²) in [7, 11) is 5.91. The standard InChI is InChI=1S/C29H31FN8/c1-6-19(21-14-33-38(5)17-21)11-24-18(2)35-36-29(24)27-13-25-26(15-31-16-28(25)34-27)20-9-22(30)12-23(10-20)32-7-8-37(3)4/h6,9-17,32,34-35H,2,7-8H2,1,3-5H3/b19-6+,24-11+. The van der Waals surface area contributed by atoms with Crippen LogP contribution >= 0.6 is 0 Å². The van der Waals surface area contributed by atoms with Crippen molar-refractivity contribution in [1.82, 2.24) is 34.8 Å². The van der Waals surface area contributed by atoms with E-state index >= 15 is 0 Å². The van der Waals surface area contributed by atoms with Crippen LogP contribution in [0.4, 0.5) is 10.1 Å². The summed E-state index contributed by atoms with van der Waals surface area (Å²) < 4.78 is 16.4. The average Bonchev–Trinajstić information content (AvgIpc) is 3.60. The number of fused-ring (bicyclic) bond motifs is 1. The number of nitrogens with one attached hydrogen (secondary N) is 3. The Labute approximate surface area is 220 Å². The number of nitrogens with zero attached hydrogens (tertiary/aromatic N) is 5. The molecule has 0 bridgehead atoms. The third-order valence-electron chi connectivity index (χ3n) is 6.43. The Bertz CT molecular complexity index is 1740. The molecule has 0 saturated heterocycles. The lowest BCUT2D eigenvalue weighted by molar-refractivity contribution is 0.425. The molecule has 1 aromatic carbocycles. The molecule has 0 aliphatic rings. The number of hydrogen-bond acceptors (Lipinski definition) is 5. The summed E-state index contributed by atoms with van der Waals surface area (Å²) in [5.74, 6) is -0.303. The fourth-order valence-electron chi connectivity index (χ4n) is 4.49. The molecule has 5 rings (SSSR count). The smallest absolute Gasteiger partial charge is 0.125 e. The lowest BCUT2D eigenvalue weighted by Crippen LogP contribution is -2.22. The van der Waals surface area contributed by atoms with Gasteiger partial charge in [0, 0.05) is 60.0 Å². The monoisotopic (exact) mass is 510 g/mol. The predicted molar refractivity (Wildman–Crippen MR) is 152 cm³/mol. The second-order valence-corrected chi connectivity index (χ2v) is 9.55. The summed E-state index contributed by atoms with van der Waals surface area (Å²) in [5.41, 5.74) is 6.72. The van der Waals surface area contributed by atoms with Gasteiger partial charge in [-0.25, -0.2) is 4.39 Å². The van der Waals surface area contributed by atoms with Gasteiger partial charge < -0.3 is 15.2 Å². The molecule has 9 heteroatoms. The van der Waals surface area contributed by atoms with Gasteiger partial charge in [0.1, 0.15) is 11.5 Å². The van der Waals surface area contributed by atoms with Gasteiger partial charge in [0.05, 0.1) is 29.0 Å².